The highest BCUT2D eigenvalue weighted by molar-refractivity contribution is 9.11. The first kappa shape index (κ1) is 21.8. The van der Waals surface area contributed by atoms with Crippen molar-refractivity contribution in [2.24, 2.45) is 0 Å². The summed E-state index contributed by atoms with van der Waals surface area (Å²) in [6.45, 7) is 0. The number of hydrogen-bond acceptors (Lipinski definition) is 4. The molecule has 0 saturated heterocycles. The van der Waals surface area contributed by atoms with Crippen LogP contribution in [0.1, 0.15) is 23.0 Å². The first-order valence-electron chi connectivity index (χ1n) is 6.14. The lowest BCUT2D eigenvalue weighted by atomic mass is 10.2. The van der Waals surface area contributed by atoms with Crippen LogP contribution in [0.4, 0.5) is 0 Å². The average molecular weight is 592 g/mol. The molecule has 0 atom stereocenters. The topological polar surface area (TPSA) is 58.9 Å². The molecule has 0 fully saturated rings. The van der Waals surface area contributed by atoms with Gasteiger partial charge in [0.25, 0.3) is 0 Å². The maximum absolute atomic E-state index is 10.1. The second kappa shape index (κ2) is 8.23. The zero-order chi connectivity index (χ0) is 19.0. The van der Waals surface area contributed by atoms with Gasteiger partial charge < -0.3 is 5.11 Å². The van der Waals surface area contributed by atoms with Crippen molar-refractivity contribution >= 4 is 114 Å². The van der Waals surface area contributed by atoms with Crippen molar-refractivity contribution in [2.75, 3.05) is 0 Å². The molecule has 0 aliphatic rings. The Morgan fingerprint density at radius 1 is 0.840 bits per heavy atom. The van der Waals surface area contributed by atoms with Crippen molar-refractivity contribution in [2.45, 2.75) is 7.59 Å². The summed E-state index contributed by atoms with van der Waals surface area (Å²) in [6, 6.07) is 3.38. The first-order chi connectivity index (χ1) is 11.4. The highest BCUT2D eigenvalue weighted by atomic mass is 79.9. The second-order valence-corrected chi connectivity index (χ2v) is 10.8. The standard InChI is InChI=1S/C13H5Br2Cl6N3O/c14-6-3-5(9(25)7(15)4-6)1-2-8-22-10(12(16,17)18)24-11(23-8)13(19,20)21/h1-4,25H. The monoisotopic (exact) mass is 587 g/mol. The molecule has 2 aromatic rings. The number of halogens is 8. The minimum atomic E-state index is -1.93. The van der Waals surface area contributed by atoms with Crippen molar-refractivity contribution in [3.63, 3.8) is 0 Å². The summed E-state index contributed by atoms with van der Waals surface area (Å²) in [5.41, 5.74) is 0.479. The number of aromatic hydroxyl groups is 1. The van der Waals surface area contributed by atoms with Gasteiger partial charge in [-0.15, -0.1) is 0 Å². The molecule has 0 radical (unpaired) electrons. The van der Waals surface area contributed by atoms with Gasteiger partial charge in [0, 0.05) is 10.0 Å². The van der Waals surface area contributed by atoms with Crippen LogP contribution in [-0.4, -0.2) is 20.1 Å². The molecule has 0 aliphatic heterocycles. The Labute approximate surface area is 189 Å². The van der Waals surface area contributed by atoms with E-state index in [2.05, 4.69) is 46.8 Å². The van der Waals surface area contributed by atoms with E-state index in [0.29, 0.717) is 10.0 Å². The van der Waals surface area contributed by atoms with E-state index < -0.39 is 7.59 Å². The maximum Gasteiger partial charge on any atom is 0.250 e. The van der Waals surface area contributed by atoms with E-state index in [9.17, 15) is 5.11 Å². The van der Waals surface area contributed by atoms with Crippen LogP contribution in [0.3, 0.4) is 0 Å². The second-order valence-electron chi connectivity index (χ2n) is 4.50. The van der Waals surface area contributed by atoms with Gasteiger partial charge in [0.15, 0.2) is 17.5 Å². The lowest BCUT2D eigenvalue weighted by Gasteiger charge is -2.14. The molecule has 1 heterocycles. The Balaban J connectivity index is 2.52. The molecule has 1 N–H and O–H groups in total. The van der Waals surface area contributed by atoms with Crippen molar-refractivity contribution in [1.29, 1.82) is 0 Å². The predicted molar refractivity (Wildman–Crippen MR) is 111 cm³/mol. The molecule has 0 saturated carbocycles. The molecule has 12 heteroatoms. The average Bonchev–Trinajstić information content (AvgIpc) is 2.47. The zero-order valence-corrected chi connectivity index (χ0v) is 19.3. The van der Waals surface area contributed by atoms with Crippen molar-refractivity contribution < 1.29 is 5.11 Å². The van der Waals surface area contributed by atoms with E-state index in [1.807, 2.05) is 0 Å². The van der Waals surface area contributed by atoms with Gasteiger partial charge in [-0.3, -0.25) is 0 Å². The van der Waals surface area contributed by atoms with Crippen LogP contribution < -0.4 is 0 Å². The van der Waals surface area contributed by atoms with Gasteiger partial charge in [0.2, 0.25) is 7.59 Å². The fourth-order valence-electron chi connectivity index (χ4n) is 1.60. The Morgan fingerprint density at radius 2 is 1.36 bits per heavy atom. The maximum atomic E-state index is 10.1. The summed E-state index contributed by atoms with van der Waals surface area (Å²) in [6.07, 6.45) is 3.00. The van der Waals surface area contributed by atoms with Crippen LogP contribution in [0.5, 0.6) is 5.75 Å². The van der Waals surface area contributed by atoms with E-state index in [-0.39, 0.29) is 23.2 Å². The summed E-state index contributed by atoms with van der Waals surface area (Å²) in [5, 5.41) is 10.1. The Hall–Kier alpha value is 0.470. The number of phenols is 1. The molecule has 0 spiro atoms. The fourth-order valence-corrected chi connectivity index (χ4v) is 3.36. The van der Waals surface area contributed by atoms with Gasteiger partial charge in [-0.25, -0.2) is 15.0 Å². The summed E-state index contributed by atoms with van der Waals surface area (Å²) < 4.78 is -2.62. The number of rotatable bonds is 2. The lowest BCUT2D eigenvalue weighted by molar-refractivity contribution is 0.470. The number of phenolic OH excluding ortho intramolecular Hbond substituents is 1. The molecule has 1 aromatic carbocycles. The molecule has 0 amide bonds. The highest BCUT2D eigenvalue weighted by Crippen LogP contribution is 2.40. The van der Waals surface area contributed by atoms with E-state index in [4.69, 9.17) is 69.6 Å². The predicted octanol–water partition coefficient (Wildman–Crippen LogP) is 6.93. The van der Waals surface area contributed by atoms with Crippen LogP contribution in [0, 0.1) is 0 Å². The molecule has 0 unspecified atom stereocenters. The first-order valence-corrected chi connectivity index (χ1v) is 10.00. The number of hydrogen-bond donors (Lipinski definition) is 1. The van der Waals surface area contributed by atoms with E-state index in [1.54, 1.807) is 18.2 Å². The third-order valence-electron chi connectivity index (χ3n) is 2.63. The van der Waals surface area contributed by atoms with Crippen molar-refractivity contribution in [1.82, 2.24) is 15.0 Å². The summed E-state index contributed by atoms with van der Waals surface area (Å²) in [5.74, 6) is -0.300. The van der Waals surface area contributed by atoms with Gasteiger partial charge in [0.05, 0.1) is 4.47 Å². The van der Waals surface area contributed by atoms with Gasteiger partial charge in [-0.1, -0.05) is 85.5 Å². The molecular formula is C13H5Br2Cl6N3O. The molecule has 4 nitrogen and oxygen atoms in total. The Morgan fingerprint density at radius 3 is 1.84 bits per heavy atom. The van der Waals surface area contributed by atoms with Crippen LogP contribution >= 0.6 is 101 Å². The number of aromatic nitrogens is 3. The van der Waals surface area contributed by atoms with Gasteiger partial charge >= 0.3 is 0 Å². The highest BCUT2D eigenvalue weighted by Gasteiger charge is 2.33. The lowest BCUT2D eigenvalue weighted by Crippen LogP contribution is -2.16. The minimum absolute atomic E-state index is 0.0247. The summed E-state index contributed by atoms with van der Waals surface area (Å²) >= 11 is 41.4. The van der Waals surface area contributed by atoms with E-state index in [1.165, 1.54) is 6.08 Å². The molecule has 1 aromatic heterocycles. The third kappa shape index (κ3) is 5.98. The van der Waals surface area contributed by atoms with E-state index >= 15 is 0 Å². The van der Waals surface area contributed by atoms with Gasteiger partial charge in [-0.2, -0.15) is 0 Å². The third-order valence-corrected chi connectivity index (χ3v) is 4.71. The van der Waals surface area contributed by atoms with Gasteiger partial charge in [0.1, 0.15) is 5.75 Å². The number of alkyl halides is 6. The van der Waals surface area contributed by atoms with Crippen molar-refractivity contribution in [3.05, 3.63) is 44.1 Å². The normalized spacial score (nSPS) is 12.8. The fraction of sp³-hybridized carbons (Fsp3) is 0.154. The largest absolute Gasteiger partial charge is 0.506 e. The van der Waals surface area contributed by atoms with Crippen LogP contribution in [0.15, 0.2) is 21.1 Å². The molecule has 0 aliphatic carbocycles. The Kier molecular flexibility index (Phi) is 7.17. The quantitative estimate of drug-likeness (QED) is 0.385. The minimum Gasteiger partial charge on any atom is -0.506 e. The van der Waals surface area contributed by atoms with Gasteiger partial charge in [-0.05, 0) is 40.2 Å². The van der Waals surface area contributed by atoms with Crippen LogP contribution in [-0.2, 0) is 7.59 Å². The summed E-state index contributed by atoms with van der Waals surface area (Å²) in [4.78, 5) is 11.9. The molecule has 0 bridgehead atoms. The van der Waals surface area contributed by atoms with Crippen molar-refractivity contribution in [3.8, 4) is 5.75 Å². The van der Waals surface area contributed by atoms with Crippen LogP contribution in [0.2, 0.25) is 0 Å². The summed E-state index contributed by atoms with van der Waals surface area (Å²) in [7, 11) is 0. The van der Waals surface area contributed by atoms with Crippen LogP contribution in [0.25, 0.3) is 12.2 Å². The molecule has 134 valence electrons. The number of benzene rings is 1. The van der Waals surface area contributed by atoms with E-state index in [0.717, 1.165) is 4.47 Å². The smallest absolute Gasteiger partial charge is 0.250 e. The zero-order valence-electron chi connectivity index (χ0n) is 11.6. The SMILES string of the molecule is Oc1c(Br)cc(Br)cc1C=Cc1nc(C(Cl)(Cl)Cl)nc(C(Cl)(Cl)Cl)n1. The number of nitrogens with zero attached hydrogens (tertiary/aromatic N) is 3. The molecule has 25 heavy (non-hydrogen) atoms. The Bertz CT molecular complexity index is 803. The molecule has 2 rings (SSSR count). The molecular weight excluding hydrogens is 587 g/mol.